The Kier molecular flexibility index (Phi) is 6.37. The molecule has 12 nitrogen and oxygen atoms in total. The first-order chi connectivity index (χ1) is 16.8. The smallest absolute Gasteiger partial charge is 0.169 e. The molecule has 1 unspecified atom stereocenters. The van der Waals surface area contributed by atoms with Crippen LogP contribution in [0.5, 0.6) is 0 Å². The minimum Gasteiger partial charge on any atom is -0.383 e. The molecule has 0 radical (unpaired) electrons. The number of aliphatic imine (C=N–C) groups is 1. The average molecular weight is 463 g/mol. The van der Waals surface area contributed by atoms with Crippen molar-refractivity contribution in [1.29, 1.82) is 5.26 Å². The van der Waals surface area contributed by atoms with Gasteiger partial charge in [-0.3, -0.25) is 9.56 Å². The van der Waals surface area contributed by atoms with E-state index in [2.05, 4.69) is 48.0 Å². The number of anilines is 2. The van der Waals surface area contributed by atoms with Crippen LogP contribution >= 0.6 is 0 Å². The topological polar surface area (TPSA) is 128 Å². The van der Waals surface area contributed by atoms with Crippen LogP contribution in [-0.2, 0) is 9.47 Å². The molecule has 3 aliphatic heterocycles. The minimum atomic E-state index is -0.434. The molecule has 176 valence electrons. The van der Waals surface area contributed by atoms with Crippen LogP contribution in [0.25, 0.3) is 5.69 Å². The zero-order chi connectivity index (χ0) is 23.3. The molecule has 1 aromatic heterocycles. The highest BCUT2D eigenvalue weighted by molar-refractivity contribution is 6.13. The number of morpholine rings is 1. The number of fused-ring (bicyclic) bond motifs is 1. The van der Waals surface area contributed by atoms with Crippen LogP contribution in [0.2, 0.25) is 0 Å². The molecule has 0 spiro atoms. The summed E-state index contributed by atoms with van der Waals surface area (Å²) < 4.78 is 12.6. The van der Waals surface area contributed by atoms with Gasteiger partial charge in [0.1, 0.15) is 12.7 Å². The second-order valence-corrected chi connectivity index (χ2v) is 7.91. The Morgan fingerprint density at radius 1 is 1.21 bits per heavy atom. The molecule has 1 fully saturated rings. The number of hydrazone groups is 1. The Hall–Kier alpha value is -3.95. The molecule has 12 heteroatoms. The summed E-state index contributed by atoms with van der Waals surface area (Å²) in [5.74, 6) is 1.27. The number of hydrogen-bond acceptors (Lipinski definition) is 11. The largest absolute Gasteiger partial charge is 0.383 e. The Balaban J connectivity index is 1.44. The molecule has 2 N–H and O–H groups in total. The molecule has 0 amide bonds. The lowest BCUT2D eigenvalue weighted by molar-refractivity contribution is 0.122. The van der Waals surface area contributed by atoms with E-state index in [0.717, 1.165) is 35.8 Å². The average Bonchev–Trinajstić information content (AvgIpc) is 3.55. The Bertz CT molecular complexity index is 1140. The van der Waals surface area contributed by atoms with Crippen LogP contribution in [0, 0.1) is 11.3 Å². The van der Waals surface area contributed by atoms with E-state index in [0.29, 0.717) is 44.6 Å². The second-order valence-electron chi connectivity index (χ2n) is 7.91. The van der Waals surface area contributed by atoms with Gasteiger partial charge in [-0.15, -0.1) is 10.2 Å². The highest BCUT2D eigenvalue weighted by Crippen LogP contribution is 2.29. The third-order valence-corrected chi connectivity index (χ3v) is 5.73. The van der Waals surface area contributed by atoms with Crippen molar-refractivity contribution in [2.75, 3.05) is 63.3 Å². The molecule has 0 aliphatic carbocycles. The first-order valence-electron chi connectivity index (χ1n) is 11.1. The molecule has 1 saturated heterocycles. The van der Waals surface area contributed by atoms with Crippen molar-refractivity contribution in [3.8, 4) is 11.8 Å². The molecule has 2 aromatic rings. The monoisotopic (exact) mass is 462 g/mol. The lowest BCUT2D eigenvalue weighted by Gasteiger charge is -2.31. The van der Waals surface area contributed by atoms with Crippen molar-refractivity contribution in [3.63, 3.8) is 0 Å². The van der Waals surface area contributed by atoms with Gasteiger partial charge in [0.15, 0.2) is 17.7 Å². The fraction of sp³-hybridized carbons (Fsp3) is 0.409. The Morgan fingerprint density at radius 3 is 2.79 bits per heavy atom. The van der Waals surface area contributed by atoms with Crippen LogP contribution in [0.4, 0.5) is 11.4 Å². The molecule has 3 aliphatic rings. The SMILES string of the molecule is COCCNC1=CC(Nc2ccc(N3CCOCC3)c(-n3cnnc3)c2)=NN2C1=NCC2C#N. The van der Waals surface area contributed by atoms with Crippen LogP contribution < -0.4 is 15.5 Å². The summed E-state index contributed by atoms with van der Waals surface area (Å²) in [7, 11) is 1.66. The van der Waals surface area contributed by atoms with E-state index in [1.165, 1.54) is 0 Å². The standard InChI is InChI=1S/C22H26N10O2/c1-33-7-4-24-18-11-21(29-32-17(12-23)13-25-22(18)32)28-16-2-3-19(30-5-8-34-9-6-30)20(10-16)31-14-26-27-15-31/h2-3,10-11,14-15,17,24H,4-9,13H2,1H3,(H,28,29). The fourth-order valence-corrected chi connectivity index (χ4v) is 4.07. The van der Waals surface area contributed by atoms with E-state index in [1.807, 2.05) is 22.8 Å². The predicted octanol–water partition coefficient (Wildman–Crippen LogP) is 0.569. The molecule has 4 heterocycles. The number of ether oxygens (including phenoxy) is 2. The molecule has 1 atom stereocenters. The Labute approximate surface area is 197 Å². The number of benzene rings is 1. The molecule has 0 bridgehead atoms. The minimum absolute atomic E-state index is 0.387. The van der Waals surface area contributed by atoms with Gasteiger partial charge in [-0.05, 0) is 18.2 Å². The highest BCUT2D eigenvalue weighted by Gasteiger charge is 2.33. The van der Waals surface area contributed by atoms with Crippen molar-refractivity contribution >= 4 is 23.0 Å². The molecule has 5 rings (SSSR count). The van der Waals surface area contributed by atoms with E-state index in [4.69, 9.17) is 9.47 Å². The van der Waals surface area contributed by atoms with Gasteiger partial charge in [0.25, 0.3) is 0 Å². The van der Waals surface area contributed by atoms with E-state index in [-0.39, 0.29) is 0 Å². The molecular formula is C22H26N10O2. The summed E-state index contributed by atoms with van der Waals surface area (Å²) in [6, 6.07) is 7.97. The van der Waals surface area contributed by atoms with E-state index in [9.17, 15) is 5.26 Å². The van der Waals surface area contributed by atoms with Crippen LogP contribution in [0.1, 0.15) is 0 Å². The maximum Gasteiger partial charge on any atom is 0.169 e. The van der Waals surface area contributed by atoms with E-state index in [1.54, 1.807) is 24.8 Å². The maximum atomic E-state index is 9.54. The summed E-state index contributed by atoms with van der Waals surface area (Å²) >= 11 is 0. The van der Waals surface area contributed by atoms with Gasteiger partial charge in [-0.2, -0.15) is 10.4 Å². The predicted molar refractivity (Wildman–Crippen MR) is 127 cm³/mol. The van der Waals surface area contributed by atoms with Gasteiger partial charge in [0.05, 0.1) is 49.5 Å². The summed E-state index contributed by atoms with van der Waals surface area (Å²) in [5, 5.41) is 30.5. The van der Waals surface area contributed by atoms with Crippen LogP contribution in [0.15, 0.2) is 52.7 Å². The number of nitrogens with one attached hydrogen (secondary N) is 2. The molecule has 1 aromatic carbocycles. The van der Waals surface area contributed by atoms with Crippen molar-refractivity contribution in [2.45, 2.75) is 6.04 Å². The molecular weight excluding hydrogens is 436 g/mol. The van der Waals surface area contributed by atoms with E-state index >= 15 is 0 Å². The molecule has 34 heavy (non-hydrogen) atoms. The number of methoxy groups -OCH3 is 1. The first kappa shape index (κ1) is 21.9. The van der Waals surface area contributed by atoms with Gasteiger partial charge >= 0.3 is 0 Å². The Morgan fingerprint density at radius 2 is 2.03 bits per heavy atom. The number of nitrogens with zero attached hydrogens (tertiary/aromatic N) is 8. The third-order valence-electron chi connectivity index (χ3n) is 5.73. The third kappa shape index (κ3) is 4.43. The van der Waals surface area contributed by atoms with Crippen molar-refractivity contribution in [1.82, 2.24) is 25.1 Å². The quantitative estimate of drug-likeness (QED) is 0.568. The van der Waals surface area contributed by atoms with Crippen molar-refractivity contribution in [2.24, 2.45) is 10.1 Å². The van der Waals surface area contributed by atoms with Gasteiger partial charge < -0.3 is 25.0 Å². The maximum absolute atomic E-state index is 9.54. The van der Waals surface area contributed by atoms with Crippen LogP contribution in [0.3, 0.4) is 0 Å². The van der Waals surface area contributed by atoms with Gasteiger partial charge in [0.2, 0.25) is 0 Å². The first-order valence-corrected chi connectivity index (χ1v) is 11.1. The van der Waals surface area contributed by atoms with Crippen molar-refractivity contribution < 1.29 is 9.47 Å². The number of nitriles is 1. The lowest BCUT2D eigenvalue weighted by atomic mass is 10.2. The van der Waals surface area contributed by atoms with Crippen molar-refractivity contribution in [3.05, 3.63) is 42.6 Å². The highest BCUT2D eigenvalue weighted by atomic mass is 16.5. The summed E-state index contributed by atoms with van der Waals surface area (Å²) in [6.45, 7) is 4.59. The zero-order valence-electron chi connectivity index (χ0n) is 18.9. The number of rotatable bonds is 7. The van der Waals surface area contributed by atoms with E-state index < -0.39 is 6.04 Å². The van der Waals surface area contributed by atoms with Crippen LogP contribution in [-0.4, -0.2) is 90.6 Å². The fourth-order valence-electron chi connectivity index (χ4n) is 4.07. The summed E-state index contributed by atoms with van der Waals surface area (Å²) in [4.78, 5) is 6.80. The second kappa shape index (κ2) is 9.90. The number of amidine groups is 2. The van der Waals surface area contributed by atoms with Gasteiger partial charge in [-0.1, -0.05) is 0 Å². The van der Waals surface area contributed by atoms with Gasteiger partial charge in [0, 0.05) is 38.5 Å². The molecule has 0 saturated carbocycles. The summed E-state index contributed by atoms with van der Waals surface area (Å²) in [6.07, 6.45) is 5.27. The number of aromatic nitrogens is 3. The summed E-state index contributed by atoms with van der Waals surface area (Å²) in [5.41, 5.74) is 3.68. The van der Waals surface area contributed by atoms with Gasteiger partial charge in [-0.25, -0.2) is 5.01 Å². The normalized spacial score (nSPS) is 19.6. The lowest BCUT2D eigenvalue weighted by Crippen LogP contribution is -2.41. The zero-order valence-corrected chi connectivity index (χ0v) is 18.9. The number of hydrogen-bond donors (Lipinski definition) is 2.